The summed E-state index contributed by atoms with van der Waals surface area (Å²) in [5.41, 5.74) is 4.40. The molecule has 2 aromatic rings. The summed E-state index contributed by atoms with van der Waals surface area (Å²) in [6.07, 6.45) is 0.535. The molecule has 0 heterocycles. The van der Waals surface area contributed by atoms with Gasteiger partial charge in [0.15, 0.2) is 6.61 Å². The SMILES string of the molecule is CCNC(=O)C(CC)N(Cc1ccccc1C)C(=O)COc1ccc(C)c(C)c1. The number of rotatable bonds is 9. The van der Waals surface area contributed by atoms with Gasteiger partial charge in [-0.15, -0.1) is 0 Å². The van der Waals surface area contributed by atoms with E-state index >= 15 is 0 Å². The predicted octanol–water partition coefficient (Wildman–Crippen LogP) is 3.93. The lowest BCUT2D eigenvalue weighted by Gasteiger charge is -2.31. The fourth-order valence-corrected chi connectivity index (χ4v) is 3.21. The Bertz CT molecular complexity index is 848. The zero-order valence-corrected chi connectivity index (χ0v) is 18.1. The Hall–Kier alpha value is -2.82. The first-order chi connectivity index (χ1) is 13.9. The molecule has 0 saturated heterocycles. The summed E-state index contributed by atoms with van der Waals surface area (Å²) in [6.45, 7) is 10.6. The lowest BCUT2D eigenvalue weighted by atomic mass is 10.1. The zero-order valence-electron chi connectivity index (χ0n) is 18.1. The smallest absolute Gasteiger partial charge is 0.261 e. The minimum atomic E-state index is -0.537. The van der Waals surface area contributed by atoms with Gasteiger partial charge in [-0.05, 0) is 68.5 Å². The van der Waals surface area contributed by atoms with E-state index in [4.69, 9.17) is 4.74 Å². The molecule has 0 aliphatic rings. The van der Waals surface area contributed by atoms with E-state index in [1.54, 1.807) is 4.90 Å². The highest BCUT2D eigenvalue weighted by Crippen LogP contribution is 2.18. The fourth-order valence-electron chi connectivity index (χ4n) is 3.21. The average Bonchev–Trinajstić information content (AvgIpc) is 2.70. The molecule has 2 rings (SSSR count). The molecular weight excluding hydrogens is 364 g/mol. The number of ether oxygens (including phenoxy) is 1. The Morgan fingerprint density at radius 2 is 1.72 bits per heavy atom. The normalized spacial score (nSPS) is 11.6. The van der Waals surface area contributed by atoms with Gasteiger partial charge >= 0.3 is 0 Å². The molecule has 1 N–H and O–H groups in total. The molecule has 5 nitrogen and oxygen atoms in total. The third-order valence-electron chi connectivity index (χ3n) is 5.18. The van der Waals surface area contributed by atoms with Crippen LogP contribution < -0.4 is 10.1 Å². The predicted molar refractivity (Wildman–Crippen MR) is 116 cm³/mol. The number of nitrogens with zero attached hydrogens (tertiary/aromatic N) is 1. The largest absolute Gasteiger partial charge is 0.484 e. The van der Waals surface area contributed by atoms with Crippen LogP contribution >= 0.6 is 0 Å². The number of amides is 2. The first-order valence-corrected chi connectivity index (χ1v) is 10.2. The van der Waals surface area contributed by atoms with Gasteiger partial charge in [-0.25, -0.2) is 0 Å². The Morgan fingerprint density at radius 1 is 1.00 bits per heavy atom. The van der Waals surface area contributed by atoms with Gasteiger partial charge in [0.1, 0.15) is 11.8 Å². The summed E-state index contributed by atoms with van der Waals surface area (Å²) in [5, 5.41) is 2.85. The maximum atomic E-state index is 13.1. The van der Waals surface area contributed by atoms with E-state index in [2.05, 4.69) is 5.32 Å². The van der Waals surface area contributed by atoms with Crippen LogP contribution in [0.1, 0.15) is 42.5 Å². The molecule has 0 aliphatic carbocycles. The fraction of sp³-hybridized carbons (Fsp3) is 0.417. The molecular formula is C24H32N2O3. The summed E-state index contributed by atoms with van der Waals surface area (Å²) < 4.78 is 5.76. The molecule has 5 heteroatoms. The monoisotopic (exact) mass is 396 g/mol. The summed E-state index contributed by atoms with van der Waals surface area (Å²) in [6, 6.07) is 13.1. The maximum absolute atomic E-state index is 13.1. The minimum absolute atomic E-state index is 0.107. The summed E-state index contributed by atoms with van der Waals surface area (Å²) in [5.74, 6) is 0.316. The molecule has 1 unspecified atom stereocenters. The number of hydrogen-bond acceptors (Lipinski definition) is 3. The second kappa shape index (κ2) is 10.6. The molecule has 0 spiro atoms. The van der Waals surface area contributed by atoms with Crippen LogP contribution in [-0.4, -0.2) is 35.9 Å². The van der Waals surface area contributed by atoms with Crippen LogP contribution in [0.5, 0.6) is 5.75 Å². The highest BCUT2D eigenvalue weighted by Gasteiger charge is 2.28. The van der Waals surface area contributed by atoms with E-state index in [0.29, 0.717) is 25.3 Å². The third-order valence-corrected chi connectivity index (χ3v) is 5.18. The molecule has 2 amide bonds. The van der Waals surface area contributed by atoms with E-state index in [1.165, 1.54) is 5.56 Å². The number of benzene rings is 2. The number of nitrogens with one attached hydrogen (secondary N) is 1. The number of hydrogen-bond donors (Lipinski definition) is 1. The van der Waals surface area contributed by atoms with Crippen LogP contribution in [0.3, 0.4) is 0 Å². The van der Waals surface area contributed by atoms with Crippen molar-refractivity contribution in [2.24, 2.45) is 0 Å². The molecule has 0 fully saturated rings. The van der Waals surface area contributed by atoms with Crippen LogP contribution in [-0.2, 0) is 16.1 Å². The van der Waals surface area contributed by atoms with Gasteiger partial charge in [-0.2, -0.15) is 0 Å². The lowest BCUT2D eigenvalue weighted by Crippen LogP contribution is -2.50. The molecule has 156 valence electrons. The van der Waals surface area contributed by atoms with Crippen molar-refractivity contribution in [2.45, 2.75) is 53.6 Å². The minimum Gasteiger partial charge on any atom is -0.484 e. The Morgan fingerprint density at radius 3 is 2.34 bits per heavy atom. The highest BCUT2D eigenvalue weighted by molar-refractivity contribution is 5.88. The van der Waals surface area contributed by atoms with Gasteiger partial charge in [0.05, 0.1) is 0 Å². The number of likely N-dealkylation sites (N-methyl/N-ethyl adjacent to an activating group) is 1. The first-order valence-electron chi connectivity index (χ1n) is 10.2. The molecule has 0 radical (unpaired) electrons. The molecule has 0 bridgehead atoms. The second-order valence-electron chi connectivity index (χ2n) is 7.30. The molecule has 0 aliphatic heterocycles. The number of carbonyl (C=O) groups excluding carboxylic acids is 2. The van der Waals surface area contributed by atoms with Crippen LogP contribution in [0.25, 0.3) is 0 Å². The molecule has 1 atom stereocenters. The lowest BCUT2D eigenvalue weighted by molar-refractivity contribution is -0.142. The summed E-state index contributed by atoms with van der Waals surface area (Å²) in [4.78, 5) is 27.4. The Kier molecular flexibility index (Phi) is 8.25. The van der Waals surface area contributed by atoms with Gasteiger partial charge in [-0.3, -0.25) is 9.59 Å². The standard InChI is InChI=1S/C24H32N2O3/c1-6-22(24(28)25-7-2)26(15-20-11-9-8-10-18(20)4)23(27)16-29-21-13-12-17(3)19(5)14-21/h8-14,22H,6-7,15-16H2,1-5H3,(H,25,28). The van der Waals surface area contributed by atoms with Crippen molar-refractivity contribution in [3.63, 3.8) is 0 Å². The average molecular weight is 397 g/mol. The number of aryl methyl sites for hydroxylation is 3. The van der Waals surface area contributed by atoms with E-state index in [9.17, 15) is 9.59 Å². The van der Waals surface area contributed by atoms with Gasteiger partial charge < -0.3 is 15.0 Å². The van der Waals surface area contributed by atoms with Gasteiger partial charge in [0.25, 0.3) is 5.91 Å². The van der Waals surface area contributed by atoms with Crippen molar-refractivity contribution >= 4 is 11.8 Å². The van der Waals surface area contributed by atoms with Crippen molar-refractivity contribution in [3.05, 3.63) is 64.7 Å². The first kappa shape index (κ1) is 22.5. The van der Waals surface area contributed by atoms with Gasteiger partial charge in [0.2, 0.25) is 5.91 Å². The molecule has 2 aromatic carbocycles. The van der Waals surface area contributed by atoms with Crippen molar-refractivity contribution in [1.82, 2.24) is 10.2 Å². The quantitative estimate of drug-likeness (QED) is 0.699. The third kappa shape index (κ3) is 6.08. The zero-order chi connectivity index (χ0) is 21.4. The van der Waals surface area contributed by atoms with E-state index < -0.39 is 6.04 Å². The van der Waals surface area contributed by atoms with Crippen LogP contribution in [0.15, 0.2) is 42.5 Å². The molecule has 29 heavy (non-hydrogen) atoms. The van der Waals surface area contributed by atoms with Crippen molar-refractivity contribution in [2.75, 3.05) is 13.2 Å². The number of carbonyl (C=O) groups is 2. The van der Waals surface area contributed by atoms with Crippen molar-refractivity contribution in [3.8, 4) is 5.75 Å². The Balaban J connectivity index is 2.22. The second-order valence-corrected chi connectivity index (χ2v) is 7.30. The highest BCUT2D eigenvalue weighted by atomic mass is 16.5. The maximum Gasteiger partial charge on any atom is 0.261 e. The molecule has 0 aromatic heterocycles. The van der Waals surface area contributed by atoms with E-state index in [-0.39, 0.29) is 18.4 Å². The van der Waals surface area contributed by atoms with Crippen LogP contribution in [0.2, 0.25) is 0 Å². The van der Waals surface area contributed by atoms with Crippen molar-refractivity contribution in [1.29, 1.82) is 0 Å². The van der Waals surface area contributed by atoms with Crippen LogP contribution in [0, 0.1) is 20.8 Å². The summed E-state index contributed by atoms with van der Waals surface area (Å²) >= 11 is 0. The Labute approximate surface area is 174 Å². The topological polar surface area (TPSA) is 58.6 Å². The van der Waals surface area contributed by atoms with Crippen molar-refractivity contribution < 1.29 is 14.3 Å². The van der Waals surface area contributed by atoms with E-state index in [0.717, 1.165) is 16.7 Å². The van der Waals surface area contributed by atoms with Crippen LogP contribution in [0.4, 0.5) is 0 Å². The van der Waals surface area contributed by atoms with Gasteiger partial charge in [-0.1, -0.05) is 37.3 Å². The van der Waals surface area contributed by atoms with E-state index in [1.807, 2.05) is 77.1 Å². The summed E-state index contributed by atoms with van der Waals surface area (Å²) in [7, 11) is 0. The van der Waals surface area contributed by atoms with Gasteiger partial charge in [0, 0.05) is 13.1 Å². The molecule has 0 saturated carbocycles.